The van der Waals surface area contributed by atoms with Gasteiger partial charge < -0.3 is 14.7 Å². The highest BCUT2D eigenvalue weighted by molar-refractivity contribution is 5.86. The predicted molar refractivity (Wildman–Crippen MR) is 124 cm³/mol. The number of hydrogen-bond acceptors (Lipinski definition) is 4. The van der Waals surface area contributed by atoms with Crippen molar-refractivity contribution in [1.82, 2.24) is 0 Å². The van der Waals surface area contributed by atoms with Crippen LogP contribution >= 0.6 is 0 Å². The van der Waals surface area contributed by atoms with Crippen molar-refractivity contribution in [3.63, 3.8) is 0 Å². The van der Waals surface area contributed by atoms with Crippen molar-refractivity contribution >= 4 is 17.7 Å². The Bertz CT molecular complexity index is 1200. The van der Waals surface area contributed by atoms with Crippen LogP contribution < -0.4 is 4.90 Å². The summed E-state index contributed by atoms with van der Waals surface area (Å²) in [7, 11) is 1.23. The van der Waals surface area contributed by atoms with Crippen LogP contribution in [0, 0.1) is 11.6 Å². The SMILES string of the molecule is CCc1ccccc1N1CCc2cc(O)ccc2C1c1c(F)cc(/C=C/C(=O)OC)cc1F. The zero-order valence-electron chi connectivity index (χ0n) is 18.5. The minimum absolute atomic E-state index is 0.0669. The number of nitrogens with zero attached hydrogens (tertiary/aromatic N) is 1. The van der Waals surface area contributed by atoms with Crippen molar-refractivity contribution in [2.45, 2.75) is 25.8 Å². The highest BCUT2D eigenvalue weighted by Crippen LogP contribution is 2.42. The van der Waals surface area contributed by atoms with E-state index in [-0.39, 0.29) is 16.9 Å². The molecule has 170 valence electrons. The van der Waals surface area contributed by atoms with Gasteiger partial charge in [0.25, 0.3) is 0 Å². The summed E-state index contributed by atoms with van der Waals surface area (Å²) in [6.45, 7) is 2.59. The van der Waals surface area contributed by atoms with Gasteiger partial charge in [0, 0.05) is 18.3 Å². The van der Waals surface area contributed by atoms with E-state index in [9.17, 15) is 9.90 Å². The number of carbonyl (C=O) groups is 1. The Labute approximate surface area is 191 Å². The second-order valence-electron chi connectivity index (χ2n) is 7.97. The molecule has 0 aromatic heterocycles. The first-order valence-corrected chi connectivity index (χ1v) is 10.8. The third-order valence-electron chi connectivity index (χ3n) is 6.02. The summed E-state index contributed by atoms with van der Waals surface area (Å²) >= 11 is 0. The Kier molecular flexibility index (Phi) is 6.45. The molecule has 0 aliphatic carbocycles. The van der Waals surface area contributed by atoms with Crippen LogP contribution in [0.2, 0.25) is 0 Å². The van der Waals surface area contributed by atoms with Crippen LogP contribution in [0.3, 0.4) is 0 Å². The number of ether oxygens (including phenoxy) is 1. The number of aromatic hydroxyl groups is 1. The number of fused-ring (bicyclic) bond motifs is 1. The molecule has 6 heteroatoms. The summed E-state index contributed by atoms with van der Waals surface area (Å²) in [6, 6.07) is 14.5. The first kappa shape index (κ1) is 22.5. The van der Waals surface area contributed by atoms with Gasteiger partial charge in [-0.05, 0) is 71.5 Å². The lowest BCUT2D eigenvalue weighted by Crippen LogP contribution is -2.37. The number of benzene rings is 3. The maximum absolute atomic E-state index is 15.5. The predicted octanol–water partition coefficient (Wildman–Crippen LogP) is 5.57. The molecule has 33 heavy (non-hydrogen) atoms. The lowest BCUT2D eigenvalue weighted by Gasteiger charge is -2.40. The van der Waals surface area contributed by atoms with E-state index >= 15 is 8.78 Å². The van der Waals surface area contributed by atoms with Crippen molar-refractivity contribution in [1.29, 1.82) is 0 Å². The van der Waals surface area contributed by atoms with Crippen LogP contribution in [-0.4, -0.2) is 24.7 Å². The highest BCUT2D eigenvalue weighted by Gasteiger charge is 2.34. The number of anilines is 1. The normalized spacial score (nSPS) is 15.5. The second kappa shape index (κ2) is 9.45. The Balaban J connectivity index is 1.87. The molecule has 3 aromatic rings. The number of carbonyl (C=O) groups excluding carboxylic acids is 1. The maximum atomic E-state index is 15.5. The van der Waals surface area contributed by atoms with Gasteiger partial charge in [-0.2, -0.15) is 0 Å². The molecule has 3 aromatic carbocycles. The fraction of sp³-hybridized carbons (Fsp3) is 0.222. The largest absolute Gasteiger partial charge is 0.508 e. The van der Waals surface area contributed by atoms with E-state index in [0.29, 0.717) is 13.0 Å². The standard InChI is InChI=1S/C27H25F2NO3/c1-3-18-6-4-5-7-24(18)30-13-12-19-16-20(31)9-10-21(19)27(30)26-22(28)14-17(15-23(26)29)8-11-25(32)33-2/h4-11,14-16,27,31H,3,12-13H2,1-2H3/b11-8+. The number of phenolic OH excluding ortho intramolecular Hbond substituents is 1. The number of aryl methyl sites for hydroxylation is 1. The Morgan fingerprint density at radius 1 is 1.15 bits per heavy atom. The summed E-state index contributed by atoms with van der Waals surface area (Å²) < 4.78 is 35.5. The van der Waals surface area contributed by atoms with Crippen LogP contribution in [-0.2, 0) is 22.4 Å². The van der Waals surface area contributed by atoms with E-state index in [0.717, 1.165) is 34.9 Å². The van der Waals surface area contributed by atoms with Gasteiger partial charge in [0.2, 0.25) is 0 Å². The average Bonchev–Trinajstić information content (AvgIpc) is 2.82. The van der Waals surface area contributed by atoms with E-state index in [1.807, 2.05) is 36.1 Å². The van der Waals surface area contributed by atoms with Gasteiger partial charge in [-0.15, -0.1) is 0 Å². The summed E-state index contributed by atoms with van der Waals surface area (Å²) in [5.41, 5.74) is 3.78. The maximum Gasteiger partial charge on any atom is 0.330 e. The van der Waals surface area contributed by atoms with Crippen LogP contribution in [0.1, 0.15) is 40.8 Å². The fourth-order valence-electron chi connectivity index (χ4n) is 4.47. The molecule has 1 N–H and O–H groups in total. The number of halogens is 2. The molecule has 1 atom stereocenters. The first-order valence-electron chi connectivity index (χ1n) is 10.8. The van der Waals surface area contributed by atoms with E-state index in [4.69, 9.17) is 0 Å². The molecule has 1 unspecified atom stereocenters. The molecule has 0 fully saturated rings. The summed E-state index contributed by atoms with van der Waals surface area (Å²) in [5.74, 6) is -1.89. The van der Waals surface area contributed by atoms with Crippen LogP contribution in [0.15, 0.2) is 60.7 Å². The third-order valence-corrected chi connectivity index (χ3v) is 6.02. The van der Waals surface area contributed by atoms with Gasteiger partial charge >= 0.3 is 5.97 Å². The number of para-hydroxylation sites is 1. The molecular formula is C27H25F2NO3. The molecule has 4 rings (SSSR count). The zero-order valence-corrected chi connectivity index (χ0v) is 18.5. The van der Waals surface area contributed by atoms with Crippen molar-refractivity contribution in [3.05, 3.63) is 100 Å². The van der Waals surface area contributed by atoms with Gasteiger partial charge in [-0.1, -0.05) is 31.2 Å². The highest BCUT2D eigenvalue weighted by atomic mass is 19.1. The number of hydrogen-bond donors (Lipinski definition) is 1. The summed E-state index contributed by atoms with van der Waals surface area (Å²) in [5, 5.41) is 9.97. The summed E-state index contributed by atoms with van der Waals surface area (Å²) in [6.07, 6.45) is 3.86. The lowest BCUT2D eigenvalue weighted by atomic mass is 9.86. The molecule has 0 bridgehead atoms. The number of methoxy groups -OCH3 is 1. The molecule has 0 saturated heterocycles. The topological polar surface area (TPSA) is 49.8 Å². The van der Waals surface area contributed by atoms with E-state index in [1.165, 1.54) is 25.3 Å². The average molecular weight is 449 g/mol. The molecule has 0 radical (unpaired) electrons. The van der Waals surface area contributed by atoms with Crippen molar-refractivity contribution in [3.8, 4) is 5.75 Å². The van der Waals surface area contributed by atoms with Crippen LogP contribution in [0.5, 0.6) is 5.75 Å². The zero-order chi connectivity index (χ0) is 23.5. The molecule has 1 aliphatic rings. The van der Waals surface area contributed by atoms with Crippen molar-refractivity contribution in [2.24, 2.45) is 0 Å². The quantitative estimate of drug-likeness (QED) is 0.409. The van der Waals surface area contributed by atoms with E-state index < -0.39 is 23.6 Å². The smallest absolute Gasteiger partial charge is 0.330 e. The monoisotopic (exact) mass is 449 g/mol. The molecule has 1 heterocycles. The fourth-order valence-corrected chi connectivity index (χ4v) is 4.47. The minimum atomic E-state index is -0.708. The van der Waals surface area contributed by atoms with Gasteiger partial charge in [0.1, 0.15) is 17.4 Å². The van der Waals surface area contributed by atoms with Gasteiger partial charge in [0.05, 0.1) is 18.7 Å². The number of rotatable bonds is 5. The Morgan fingerprint density at radius 2 is 1.88 bits per heavy atom. The Morgan fingerprint density at radius 3 is 2.58 bits per heavy atom. The van der Waals surface area contributed by atoms with E-state index in [1.54, 1.807) is 18.2 Å². The minimum Gasteiger partial charge on any atom is -0.508 e. The van der Waals surface area contributed by atoms with Gasteiger partial charge in [-0.3, -0.25) is 0 Å². The second-order valence-corrected chi connectivity index (χ2v) is 7.97. The van der Waals surface area contributed by atoms with Crippen LogP contribution in [0.25, 0.3) is 6.08 Å². The molecule has 1 aliphatic heterocycles. The molecule has 4 nitrogen and oxygen atoms in total. The molecule has 0 amide bonds. The molecule has 0 saturated carbocycles. The van der Waals surface area contributed by atoms with Crippen molar-refractivity contribution in [2.75, 3.05) is 18.6 Å². The third kappa shape index (κ3) is 4.46. The Hall–Kier alpha value is -3.67. The molecule has 0 spiro atoms. The summed E-state index contributed by atoms with van der Waals surface area (Å²) in [4.78, 5) is 13.4. The van der Waals surface area contributed by atoms with E-state index in [2.05, 4.69) is 4.74 Å². The number of phenols is 1. The van der Waals surface area contributed by atoms with Gasteiger partial charge in [0.15, 0.2) is 0 Å². The number of esters is 1. The lowest BCUT2D eigenvalue weighted by molar-refractivity contribution is -0.134. The first-order chi connectivity index (χ1) is 15.9. The van der Waals surface area contributed by atoms with Crippen molar-refractivity contribution < 1.29 is 23.4 Å². The molecular weight excluding hydrogens is 424 g/mol. The van der Waals surface area contributed by atoms with Gasteiger partial charge in [-0.25, -0.2) is 13.6 Å². The van der Waals surface area contributed by atoms with Crippen LogP contribution in [0.4, 0.5) is 14.5 Å².